The molecular weight excluding hydrogens is 314 g/mol. The molecule has 1 aliphatic heterocycles. The molecule has 1 rings (SSSR count). The first-order chi connectivity index (χ1) is 11.5. The molecule has 1 fully saturated rings. The van der Waals surface area contributed by atoms with Crippen molar-refractivity contribution in [2.45, 2.75) is 40.1 Å². The average molecular weight is 347 g/mol. The predicted molar refractivity (Wildman–Crippen MR) is 89.4 cm³/mol. The number of nitrogens with two attached hydrogens (primary N) is 1. The van der Waals surface area contributed by atoms with E-state index in [1.807, 2.05) is 0 Å². The molecule has 0 radical (unpaired) electrons. The number of ether oxygens (including phenoxy) is 5. The quantitative estimate of drug-likeness (QED) is 0.443. The number of esters is 1. The lowest BCUT2D eigenvalue weighted by molar-refractivity contribution is -0.258. The summed E-state index contributed by atoms with van der Waals surface area (Å²) in [7, 11) is 0. The molecule has 1 aliphatic rings. The minimum absolute atomic E-state index is 0.143. The third-order valence-corrected chi connectivity index (χ3v) is 4.58. The highest BCUT2D eigenvalue weighted by Crippen LogP contribution is 2.35. The summed E-state index contributed by atoms with van der Waals surface area (Å²) in [5.41, 5.74) is 5.33. The molecule has 7 heteroatoms. The van der Waals surface area contributed by atoms with Gasteiger partial charge in [-0.3, -0.25) is 4.79 Å². The lowest BCUT2D eigenvalue weighted by atomic mass is 9.79. The van der Waals surface area contributed by atoms with Gasteiger partial charge in [-0.05, 0) is 11.8 Å². The van der Waals surface area contributed by atoms with Gasteiger partial charge in [-0.2, -0.15) is 0 Å². The van der Waals surface area contributed by atoms with Crippen molar-refractivity contribution in [3.8, 4) is 0 Å². The van der Waals surface area contributed by atoms with Crippen LogP contribution >= 0.6 is 0 Å². The number of carbonyl (C=O) groups is 1. The minimum atomic E-state index is -0.311. The van der Waals surface area contributed by atoms with Gasteiger partial charge in [-0.1, -0.05) is 20.8 Å². The van der Waals surface area contributed by atoms with E-state index >= 15 is 0 Å². The van der Waals surface area contributed by atoms with Crippen molar-refractivity contribution in [2.24, 2.45) is 23.5 Å². The molecule has 0 aromatic rings. The molecule has 5 atom stereocenters. The summed E-state index contributed by atoms with van der Waals surface area (Å²) in [6.07, 6.45) is -0.454. The van der Waals surface area contributed by atoms with Gasteiger partial charge in [0.1, 0.15) is 6.61 Å². The van der Waals surface area contributed by atoms with Crippen LogP contribution in [0.4, 0.5) is 0 Å². The first kappa shape index (κ1) is 21.3. The van der Waals surface area contributed by atoms with Crippen LogP contribution in [-0.2, 0) is 28.5 Å². The Morgan fingerprint density at radius 3 is 2.21 bits per heavy atom. The van der Waals surface area contributed by atoms with E-state index in [9.17, 15) is 4.79 Å². The van der Waals surface area contributed by atoms with Crippen molar-refractivity contribution in [3.05, 3.63) is 0 Å². The standard InChI is InChI=1S/C17H33NO6/c1-12-13(2)16(11-23-15(4)19)24-17(14(12)3)22-10-9-21-8-7-20-6-5-18/h12-14,16-17H,5-11,18H2,1-4H3. The summed E-state index contributed by atoms with van der Waals surface area (Å²) in [6.45, 7) is 11.2. The number of hydrogen-bond donors (Lipinski definition) is 1. The molecule has 1 heterocycles. The van der Waals surface area contributed by atoms with Crippen LogP contribution in [0.25, 0.3) is 0 Å². The van der Waals surface area contributed by atoms with Gasteiger partial charge in [0.15, 0.2) is 6.29 Å². The van der Waals surface area contributed by atoms with Crippen LogP contribution in [0, 0.1) is 17.8 Å². The molecule has 0 bridgehead atoms. The maximum absolute atomic E-state index is 11.0. The van der Waals surface area contributed by atoms with Crippen molar-refractivity contribution in [1.82, 2.24) is 0 Å². The molecule has 2 N–H and O–H groups in total. The molecule has 142 valence electrons. The first-order valence-corrected chi connectivity index (χ1v) is 8.73. The van der Waals surface area contributed by atoms with Crippen LogP contribution in [0.15, 0.2) is 0 Å². The fourth-order valence-corrected chi connectivity index (χ4v) is 2.70. The third-order valence-electron chi connectivity index (χ3n) is 4.58. The second-order valence-electron chi connectivity index (χ2n) is 6.31. The van der Waals surface area contributed by atoms with Crippen LogP contribution in [0.3, 0.4) is 0 Å². The molecule has 0 aromatic heterocycles. The summed E-state index contributed by atoms with van der Waals surface area (Å²) >= 11 is 0. The fraction of sp³-hybridized carbons (Fsp3) is 0.941. The predicted octanol–water partition coefficient (Wildman–Crippen LogP) is 1.19. The van der Waals surface area contributed by atoms with Crippen LogP contribution < -0.4 is 5.73 Å². The molecule has 0 aromatic carbocycles. The zero-order valence-electron chi connectivity index (χ0n) is 15.4. The summed E-state index contributed by atoms with van der Waals surface area (Å²) < 4.78 is 27.6. The van der Waals surface area contributed by atoms with Gasteiger partial charge in [-0.15, -0.1) is 0 Å². The normalized spacial score (nSPS) is 30.3. The van der Waals surface area contributed by atoms with E-state index in [-0.39, 0.29) is 30.9 Å². The third kappa shape index (κ3) is 7.44. The highest BCUT2D eigenvalue weighted by molar-refractivity contribution is 5.65. The Kier molecular flexibility index (Phi) is 10.4. The van der Waals surface area contributed by atoms with Crippen molar-refractivity contribution in [3.63, 3.8) is 0 Å². The zero-order chi connectivity index (χ0) is 17.9. The number of hydrogen-bond acceptors (Lipinski definition) is 7. The number of rotatable bonds is 11. The Morgan fingerprint density at radius 1 is 0.958 bits per heavy atom. The van der Waals surface area contributed by atoms with Crippen LogP contribution in [-0.4, -0.2) is 64.5 Å². The summed E-state index contributed by atoms with van der Waals surface area (Å²) in [4.78, 5) is 11.0. The van der Waals surface area contributed by atoms with Gasteiger partial charge in [0.2, 0.25) is 0 Å². The highest BCUT2D eigenvalue weighted by Gasteiger charge is 2.40. The van der Waals surface area contributed by atoms with Crippen molar-refractivity contribution in [1.29, 1.82) is 0 Å². The van der Waals surface area contributed by atoms with Crippen LogP contribution in [0.1, 0.15) is 27.7 Å². The average Bonchev–Trinajstić information content (AvgIpc) is 2.55. The second-order valence-corrected chi connectivity index (χ2v) is 6.31. The van der Waals surface area contributed by atoms with Crippen LogP contribution in [0.5, 0.6) is 0 Å². The monoisotopic (exact) mass is 347 g/mol. The van der Waals surface area contributed by atoms with E-state index in [4.69, 9.17) is 29.4 Å². The van der Waals surface area contributed by atoms with E-state index in [1.54, 1.807) is 0 Å². The van der Waals surface area contributed by atoms with Gasteiger partial charge in [0, 0.05) is 19.4 Å². The van der Waals surface area contributed by atoms with Crippen LogP contribution in [0.2, 0.25) is 0 Å². The summed E-state index contributed by atoms with van der Waals surface area (Å²) in [5.74, 6) is 0.686. The molecule has 0 amide bonds. The summed E-state index contributed by atoms with van der Waals surface area (Å²) in [5, 5.41) is 0. The Labute approximate surface area is 145 Å². The fourth-order valence-electron chi connectivity index (χ4n) is 2.70. The lowest BCUT2D eigenvalue weighted by Gasteiger charge is -2.43. The van der Waals surface area contributed by atoms with E-state index in [0.717, 1.165) is 0 Å². The van der Waals surface area contributed by atoms with E-state index in [1.165, 1.54) is 6.92 Å². The van der Waals surface area contributed by atoms with Crippen molar-refractivity contribution in [2.75, 3.05) is 46.2 Å². The summed E-state index contributed by atoms with van der Waals surface area (Å²) in [6, 6.07) is 0. The number of carbonyl (C=O) groups excluding carboxylic acids is 1. The maximum Gasteiger partial charge on any atom is 0.302 e. The first-order valence-electron chi connectivity index (χ1n) is 8.73. The van der Waals surface area contributed by atoms with Gasteiger partial charge >= 0.3 is 5.97 Å². The SMILES string of the molecule is CC(=O)OCC1OC(OCCOCCOCCN)C(C)C(C)C1C. The van der Waals surface area contributed by atoms with Gasteiger partial charge in [0.05, 0.1) is 39.1 Å². The highest BCUT2D eigenvalue weighted by atomic mass is 16.7. The Bertz CT molecular complexity index is 354. The second kappa shape index (κ2) is 11.8. The Hall–Kier alpha value is -0.730. The zero-order valence-corrected chi connectivity index (χ0v) is 15.4. The minimum Gasteiger partial charge on any atom is -0.463 e. The molecular formula is C17H33NO6. The van der Waals surface area contributed by atoms with Crippen molar-refractivity contribution >= 4 is 5.97 Å². The Morgan fingerprint density at radius 2 is 1.58 bits per heavy atom. The van der Waals surface area contributed by atoms with Gasteiger partial charge < -0.3 is 29.4 Å². The molecule has 5 unspecified atom stereocenters. The molecule has 0 spiro atoms. The molecule has 0 aliphatic carbocycles. The Balaban J connectivity index is 2.28. The lowest BCUT2D eigenvalue weighted by Crippen LogP contribution is -2.48. The van der Waals surface area contributed by atoms with E-state index < -0.39 is 0 Å². The van der Waals surface area contributed by atoms with Gasteiger partial charge in [-0.25, -0.2) is 0 Å². The molecule has 24 heavy (non-hydrogen) atoms. The van der Waals surface area contributed by atoms with Gasteiger partial charge in [0.25, 0.3) is 0 Å². The molecule has 1 saturated heterocycles. The van der Waals surface area contributed by atoms with E-state index in [0.29, 0.717) is 51.4 Å². The largest absolute Gasteiger partial charge is 0.463 e. The maximum atomic E-state index is 11.0. The molecule has 7 nitrogen and oxygen atoms in total. The molecule has 0 saturated carbocycles. The van der Waals surface area contributed by atoms with E-state index in [2.05, 4.69) is 20.8 Å². The smallest absolute Gasteiger partial charge is 0.302 e. The van der Waals surface area contributed by atoms with Crippen molar-refractivity contribution < 1.29 is 28.5 Å². The topological polar surface area (TPSA) is 89.2 Å².